The molecule has 0 fully saturated rings. The minimum Gasteiger partial charge on any atom is -0.463 e. The summed E-state index contributed by atoms with van der Waals surface area (Å²) in [6.45, 7) is 8.43. The maximum absolute atomic E-state index is 11.1. The molecule has 15 heavy (non-hydrogen) atoms. The molecular weight excluding hydrogens is 188 g/mol. The van der Waals surface area contributed by atoms with Crippen LogP contribution >= 0.6 is 0 Å². The second-order valence-electron chi connectivity index (χ2n) is 3.92. The first-order chi connectivity index (χ1) is 7.06. The summed E-state index contributed by atoms with van der Waals surface area (Å²) < 4.78 is 4.83. The summed E-state index contributed by atoms with van der Waals surface area (Å²) in [6, 6.07) is 0. The van der Waals surface area contributed by atoms with Crippen LogP contribution in [0.4, 0.5) is 0 Å². The van der Waals surface area contributed by atoms with Crippen molar-refractivity contribution >= 4 is 5.97 Å². The smallest absolute Gasteiger partial charge is 0.330 e. The van der Waals surface area contributed by atoms with Crippen molar-refractivity contribution in [1.29, 1.82) is 0 Å². The van der Waals surface area contributed by atoms with Crippen molar-refractivity contribution in [3.8, 4) is 0 Å². The van der Waals surface area contributed by atoms with Gasteiger partial charge in [0.25, 0.3) is 0 Å². The lowest BCUT2D eigenvalue weighted by Gasteiger charge is -2.00. The Kier molecular flexibility index (Phi) is 7.69. The molecule has 0 radical (unpaired) electrons. The number of hydrogen-bond donors (Lipinski definition) is 0. The molecule has 0 saturated carbocycles. The number of esters is 1. The fourth-order valence-electron chi connectivity index (χ4n) is 1.23. The minimum absolute atomic E-state index is 0.225. The Morgan fingerprint density at radius 3 is 2.47 bits per heavy atom. The SMILES string of the molecule is CCOC(=O)/C=C(\C)CCCC=C(C)C. The molecule has 2 heteroatoms. The third-order valence-corrected chi connectivity index (χ3v) is 1.98. The molecule has 0 spiro atoms. The Morgan fingerprint density at radius 2 is 1.93 bits per heavy atom. The van der Waals surface area contributed by atoms with E-state index in [9.17, 15) is 4.79 Å². The lowest BCUT2D eigenvalue weighted by atomic mass is 10.1. The highest BCUT2D eigenvalue weighted by atomic mass is 16.5. The molecule has 0 N–H and O–H groups in total. The predicted molar refractivity (Wildman–Crippen MR) is 63.7 cm³/mol. The van der Waals surface area contributed by atoms with Crippen molar-refractivity contribution in [2.24, 2.45) is 0 Å². The van der Waals surface area contributed by atoms with Crippen LogP contribution in [0.5, 0.6) is 0 Å². The third kappa shape index (κ3) is 9.26. The highest BCUT2D eigenvalue weighted by Gasteiger charge is 1.97. The lowest BCUT2D eigenvalue weighted by Crippen LogP contribution is -2.00. The van der Waals surface area contributed by atoms with Gasteiger partial charge in [0.15, 0.2) is 0 Å². The van der Waals surface area contributed by atoms with Gasteiger partial charge in [0.05, 0.1) is 6.61 Å². The van der Waals surface area contributed by atoms with Gasteiger partial charge in [-0.15, -0.1) is 0 Å². The first kappa shape index (κ1) is 13.9. The summed E-state index contributed by atoms with van der Waals surface area (Å²) in [7, 11) is 0. The lowest BCUT2D eigenvalue weighted by molar-refractivity contribution is -0.137. The highest BCUT2D eigenvalue weighted by Crippen LogP contribution is 2.08. The van der Waals surface area contributed by atoms with E-state index in [4.69, 9.17) is 4.74 Å². The topological polar surface area (TPSA) is 26.3 Å². The van der Waals surface area contributed by atoms with Crippen LogP contribution in [0.2, 0.25) is 0 Å². The number of allylic oxidation sites excluding steroid dienone is 3. The van der Waals surface area contributed by atoms with Gasteiger partial charge in [-0.3, -0.25) is 0 Å². The Hall–Kier alpha value is -1.05. The molecule has 2 nitrogen and oxygen atoms in total. The van der Waals surface area contributed by atoms with Gasteiger partial charge in [-0.2, -0.15) is 0 Å². The van der Waals surface area contributed by atoms with E-state index in [1.165, 1.54) is 5.57 Å². The van der Waals surface area contributed by atoms with Crippen LogP contribution in [0.1, 0.15) is 47.0 Å². The molecule has 0 unspecified atom stereocenters. The van der Waals surface area contributed by atoms with Crippen molar-refractivity contribution in [1.82, 2.24) is 0 Å². The van der Waals surface area contributed by atoms with Crippen LogP contribution in [0.3, 0.4) is 0 Å². The summed E-state index contributed by atoms with van der Waals surface area (Å²) in [6.07, 6.45) is 6.94. The normalized spacial score (nSPS) is 11.1. The van der Waals surface area contributed by atoms with Crippen molar-refractivity contribution in [2.75, 3.05) is 6.61 Å². The summed E-state index contributed by atoms with van der Waals surface area (Å²) in [5.74, 6) is -0.225. The number of carbonyl (C=O) groups excluding carboxylic acids is 1. The monoisotopic (exact) mass is 210 g/mol. The molecule has 0 amide bonds. The zero-order chi connectivity index (χ0) is 11.7. The van der Waals surface area contributed by atoms with E-state index in [0.29, 0.717) is 6.61 Å². The van der Waals surface area contributed by atoms with Gasteiger partial charge in [-0.05, 0) is 47.0 Å². The van der Waals surface area contributed by atoms with E-state index in [1.54, 1.807) is 6.08 Å². The predicted octanol–water partition coefficient (Wildman–Crippen LogP) is 3.63. The van der Waals surface area contributed by atoms with Crippen LogP contribution in [0.15, 0.2) is 23.3 Å². The molecule has 86 valence electrons. The van der Waals surface area contributed by atoms with Crippen LogP contribution in [0, 0.1) is 0 Å². The van der Waals surface area contributed by atoms with E-state index in [0.717, 1.165) is 24.8 Å². The van der Waals surface area contributed by atoms with Gasteiger partial charge >= 0.3 is 5.97 Å². The first-order valence-corrected chi connectivity index (χ1v) is 5.53. The standard InChI is InChI=1S/C13H22O2/c1-5-15-13(14)10-12(4)9-7-6-8-11(2)3/h8,10H,5-7,9H2,1-4H3/b12-10+. The Balaban J connectivity index is 3.77. The number of carbonyl (C=O) groups is 1. The average molecular weight is 210 g/mol. The average Bonchev–Trinajstić information content (AvgIpc) is 2.12. The highest BCUT2D eigenvalue weighted by molar-refractivity contribution is 5.82. The fourth-order valence-corrected chi connectivity index (χ4v) is 1.23. The van der Waals surface area contributed by atoms with Gasteiger partial charge < -0.3 is 4.74 Å². The summed E-state index contributed by atoms with van der Waals surface area (Å²) >= 11 is 0. The summed E-state index contributed by atoms with van der Waals surface area (Å²) in [4.78, 5) is 11.1. The molecule has 0 aliphatic carbocycles. The van der Waals surface area contributed by atoms with E-state index in [-0.39, 0.29) is 5.97 Å². The number of ether oxygens (including phenoxy) is 1. The molecule has 0 bridgehead atoms. The van der Waals surface area contributed by atoms with E-state index < -0.39 is 0 Å². The first-order valence-electron chi connectivity index (χ1n) is 5.53. The van der Waals surface area contributed by atoms with Gasteiger partial charge in [-0.25, -0.2) is 4.79 Å². The minimum atomic E-state index is -0.225. The molecular formula is C13H22O2. The zero-order valence-corrected chi connectivity index (χ0v) is 10.3. The van der Waals surface area contributed by atoms with Gasteiger partial charge in [0.1, 0.15) is 0 Å². The molecule has 0 aromatic rings. The second kappa shape index (κ2) is 8.27. The Labute approximate surface area is 93.0 Å². The summed E-state index contributed by atoms with van der Waals surface area (Å²) in [5, 5.41) is 0. The largest absolute Gasteiger partial charge is 0.463 e. The molecule has 0 saturated heterocycles. The van der Waals surface area contributed by atoms with Crippen LogP contribution < -0.4 is 0 Å². The molecule has 0 aromatic carbocycles. The quantitative estimate of drug-likeness (QED) is 0.289. The van der Waals surface area contributed by atoms with Crippen molar-refractivity contribution < 1.29 is 9.53 Å². The Morgan fingerprint density at radius 1 is 1.27 bits per heavy atom. The van der Waals surface area contributed by atoms with Crippen molar-refractivity contribution in [2.45, 2.75) is 47.0 Å². The van der Waals surface area contributed by atoms with Gasteiger partial charge in [0, 0.05) is 6.08 Å². The molecule has 0 atom stereocenters. The fraction of sp³-hybridized carbons (Fsp3) is 0.615. The number of rotatable bonds is 6. The second-order valence-corrected chi connectivity index (χ2v) is 3.92. The number of hydrogen-bond acceptors (Lipinski definition) is 2. The molecule has 0 heterocycles. The zero-order valence-electron chi connectivity index (χ0n) is 10.3. The van der Waals surface area contributed by atoms with E-state index in [1.807, 2.05) is 13.8 Å². The Bertz CT molecular complexity index is 245. The molecule has 0 aliphatic heterocycles. The van der Waals surface area contributed by atoms with Gasteiger partial charge in [-0.1, -0.05) is 17.2 Å². The molecule has 0 aliphatic rings. The molecule has 0 rings (SSSR count). The van der Waals surface area contributed by atoms with Crippen molar-refractivity contribution in [3.05, 3.63) is 23.3 Å². The summed E-state index contributed by atoms with van der Waals surface area (Å²) in [5.41, 5.74) is 2.44. The maximum Gasteiger partial charge on any atom is 0.330 e. The van der Waals surface area contributed by atoms with E-state index in [2.05, 4.69) is 19.9 Å². The molecule has 0 aromatic heterocycles. The van der Waals surface area contributed by atoms with Gasteiger partial charge in [0.2, 0.25) is 0 Å². The van der Waals surface area contributed by atoms with Crippen molar-refractivity contribution in [3.63, 3.8) is 0 Å². The third-order valence-electron chi connectivity index (χ3n) is 1.98. The van der Waals surface area contributed by atoms with Crippen LogP contribution in [-0.2, 0) is 9.53 Å². The maximum atomic E-state index is 11.1. The van der Waals surface area contributed by atoms with Crippen LogP contribution in [-0.4, -0.2) is 12.6 Å². The number of unbranched alkanes of at least 4 members (excludes halogenated alkanes) is 1. The van der Waals surface area contributed by atoms with E-state index >= 15 is 0 Å². The van der Waals surface area contributed by atoms with Crippen LogP contribution in [0.25, 0.3) is 0 Å².